The largest absolute Gasteiger partial charge is 0.382 e. The van der Waals surface area contributed by atoms with Gasteiger partial charge in [-0.3, -0.25) is 0 Å². The number of rotatable bonds is 8. The first-order valence-electron chi connectivity index (χ1n) is 6.27. The third kappa shape index (κ3) is 6.10. The Labute approximate surface area is 109 Å². The van der Waals surface area contributed by atoms with Crippen LogP contribution in [0.1, 0.15) is 12.8 Å². The van der Waals surface area contributed by atoms with E-state index in [1.807, 2.05) is 0 Å². The molecular formula is C11H24N2O4S. The summed E-state index contributed by atoms with van der Waals surface area (Å²) in [5.74, 6) is 0.392. The van der Waals surface area contributed by atoms with Crippen molar-refractivity contribution >= 4 is 10.0 Å². The number of methoxy groups -OCH3 is 2. The van der Waals surface area contributed by atoms with Crippen LogP contribution in [0.4, 0.5) is 0 Å². The minimum absolute atomic E-state index is 0.184. The minimum atomic E-state index is -3.23. The molecule has 0 spiro atoms. The molecule has 7 heteroatoms. The van der Waals surface area contributed by atoms with Crippen molar-refractivity contribution < 1.29 is 17.9 Å². The van der Waals surface area contributed by atoms with Crippen LogP contribution in [-0.2, 0) is 19.5 Å². The van der Waals surface area contributed by atoms with Gasteiger partial charge in [0.15, 0.2) is 0 Å². The van der Waals surface area contributed by atoms with E-state index >= 15 is 0 Å². The van der Waals surface area contributed by atoms with E-state index < -0.39 is 10.0 Å². The van der Waals surface area contributed by atoms with Crippen LogP contribution < -0.4 is 10.0 Å². The topological polar surface area (TPSA) is 76.7 Å². The zero-order valence-electron chi connectivity index (χ0n) is 11.1. The summed E-state index contributed by atoms with van der Waals surface area (Å²) in [6, 6.07) is 0. The second-order valence-corrected chi connectivity index (χ2v) is 6.51. The van der Waals surface area contributed by atoms with Crippen molar-refractivity contribution in [1.29, 1.82) is 0 Å². The van der Waals surface area contributed by atoms with E-state index in [2.05, 4.69) is 10.0 Å². The number of hydrogen-bond donors (Lipinski definition) is 2. The fourth-order valence-corrected chi connectivity index (χ4v) is 3.51. The molecule has 0 aromatic heterocycles. The van der Waals surface area contributed by atoms with Crippen LogP contribution in [0.25, 0.3) is 0 Å². The van der Waals surface area contributed by atoms with Gasteiger partial charge in [0.25, 0.3) is 0 Å². The number of ether oxygens (including phenoxy) is 2. The Bertz CT molecular complexity index is 315. The molecule has 1 heterocycles. The zero-order chi connectivity index (χ0) is 13.4. The molecule has 18 heavy (non-hydrogen) atoms. The molecule has 1 saturated heterocycles. The molecule has 0 radical (unpaired) electrons. The average Bonchev–Trinajstić information content (AvgIpc) is 2.35. The first kappa shape index (κ1) is 15.8. The predicted molar refractivity (Wildman–Crippen MR) is 70.1 cm³/mol. The summed E-state index contributed by atoms with van der Waals surface area (Å²) < 4.78 is 36.4. The molecule has 2 N–H and O–H groups in total. The van der Waals surface area contributed by atoms with Crippen molar-refractivity contribution in [2.45, 2.75) is 18.9 Å². The van der Waals surface area contributed by atoms with E-state index in [4.69, 9.17) is 9.47 Å². The molecule has 2 atom stereocenters. The first-order valence-corrected chi connectivity index (χ1v) is 7.92. The van der Waals surface area contributed by atoms with Crippen molar-refractivity contribution in [2.75, 3.05) is 46.2 Å². The summed E-state index contributed by atoms with van der Waals surface area (Å²) in [4.78, 5) is 0. The SMILES string of the molecule is COCC(CNS(=O)(=O)CC1CCCNC1)OC. The summed E-state index contributed by atoms with van der Waals surface area (Å²) in [6.45, 7) is 2.41. The van der Waals surface area contributed by atoms with E-state index in [0.717, 1.165) is 25.9 Å². The van der Waals surface area contributed by atoms with Crippen molar-refractivity contribution in [3.63, 3.8) is 0 Å². The molecule has 2 unspecified atom stereocenters. The number of sulfonamides is 1. The van der Waals surface area contributed by atoms with Crippen LogP contribution in [0.5, 0.6) is 0 Å². The molecule has 0 aromatic rings. The highest BCUT2D eigenvalue weighted by Crippen LogP contribution is 2.11. The molecule has 0 saturated carbocycles. The molecule has 0 amide bonds. The van der Waals surface area contributed by atoms with E-state index in [1.54, 1.807) is 14.2 Å². The molecule has 0 bridgehead atoms. The van der Waals surface area contributed by atoms with Gasteiger partial charge in [0, 0.05) is 20.8 Å². The van der Waals surface area contributed by atoms with Crippen molar-refractivity contribution in [1.82, 2.24) is 10.0 Å². The lowest BCUT2D eigenvalue weighted by Crippen LogP contribution is -2.41. The second kappa shape index (κ2) is 8.06. The normalized spacial score (nSPS) is 22.9. The monoisotopic (exact) mass is 280 g/mol. The summed E-state index contributed by atoms with van der Waals surface area (Å²) in [5.41, 5.74) is 0. The quantitative estimate of drug-likeness (QED) is 0.631. The Hall–Kier alpha value is -0.210. The maximum absolute atomic E-state index is 11.9. The highest BCUT2D eigenvalue weighted by atomic mass is 32.2. The van der Waals surface area contributed by atoms with Gasteiger partial charge in [0.2, 0.25) is 10.0 Å². The maximum Gasteiger partial charge on any atom is 0.212 e. The highest BCUT2D eigenvalue weighted by Gasteiger charge is 2.21. The van der Waals surface area contributed by atoms with Crippen molar-refractivity contribution in [3.8, 4) is 0 Å². The van der Waals surface area contributed by atoms with Crippen molar-refractivity contribution in [3.05, 3.63) is 0 Å². The molecule has 108 valence electrons. The van der Waals surface area contributed by atoms with Crippen LogP contribution >= 0.6 is 0 Å². The minimum Gasteiger partial charge on any atom is -0.382 e. The Kier molecular flexibility index (Phi) is 7.10. The third-order valence-electron chi connectivity index (χ3n) is 3.07. The molecule has 0 aliphatic carbocycles. The lowest BCUT2D eigenvalue weighted by atomic mass is 10.0. The Morgan fingerprint density at radius 1 is 1.44 bits per heavy atom. The standard InChI is InChI=1S/C11H24N2O4S/c1-16-8-11(17-2)7-13-18(14,15)9-10-4-3-5-12-6-10/h10-13H,3-9H2,1-2H3. The van der Waals surface area contributed by atoms with Gasteiger partial charge in [-0.15, -0.1) is 0 Å². The Morgan fingerprint density at radius 2 is 2.22 bits per heavy atom. The van der Waals surface area contributed by atoms with Crippen LogP contribution in [-0.4, -0.2) is 60.7 Å². The molecular weight excluding hydrogens is 256 g/mol. The van der Waals surface area contributed by atoms with Crippen LogP contribution in [0.3, 0.4) is 0 Å². The molecule has 1 rings (SSSR count). The van der Waals surface area contributed by atoms with E-state index in [9.17, 15) is 8.42 Å². The highest BCUT2D eigenvalue weighted by molar-refractivity contribution is 7.89. The van der Waals surface area contributed by atoms with Gasteiger partial charge in [-0.1, -0.05) is 0 Å². The fourth-order valence-electron chi connectivity index (χ4n) is 2.05. The lowest BCUT2D eigenvalue weighted by molar-refractivity contribution is 0.0320. The number of hydrogen-bond acceptors (Lipinski definition) is 5. The van der Waals surface area contributed by atoms with Gasteiger partial charge in [-0.05, 0) is 31.8 Å². The first-order chi connectivity index (χ1) is 8.57. The van der Waals surface area contributed by atoms with Crippen LogP contribution in [0.15, 0.2) is 0 Å². The molecule has 0 aromatic carbocycles. The number of nitrogens with one attached hydrogen (secondary N) is 2. The summed E-state index contributed by atoms with van der Waals surface area (Å²) in [5, 5.41) is 3.22. The smallest absolute Gasteiger partial charge is 0.212 e. The zero-order valence-corrected chi connectivity index (χ0v) is 12.0. The summed E-state index contributed by atoms with van der Waals surface area (Å²) in [7, 11) is -0.122. The van der Waals surface area contributed by atoms with Crippen LogP contribution in [0.2, 0.25) is 0 Å². The van der Waals surface area contributed by atoms with E-state index in [0.29, 0.717) is 6.61 Å². The average molecular weight is 280 g/mol. The second-order valence-electron chi connectivity index (χ2n) is 4.66. The molecule has 1 aliphatic rings. The van der Waals surface area contributed by atoms with Gasteiger partial charge in [-0.2, -0.15) is 0 Å². The Morgan fingerprint density at radius 3 is 2.78 bits per heavy atom. The van der Waals surface area contributed by atoms with Gasteiger partial charge in [-0.25, -0.2) is 13.1 Å². The van der Waals surface area contributed by atoms with E-state index in [-0.39, 0.29) is 24.3 Å². The van der Waals surface area contributed by atoms with E-state index in [1.165, 1.54) is 0 Å². The van der Waals surface area contributed by atoms with Gasteiger partial charge in [0.1, 0.15) is 0 Å². The summed E-state index contributed by atoms with van der Waals surface area (Å²) >= 11 is 0. The molecule has 1 aliphatic heterocycles. The fraction of sp³-hybridized carbons (Fsp3) is 1.00. The van der Waals surface area contributed by atoms with Gasteiger partial charge in [0.05, 0.1) is 18.5 Å². The Balaban J connectivity index is 2.33. The van der Waals surface area contributed by atoms with Gasteiger partial charge >= 0.3 is 0 Å². The summed E-state index contributed by atoms with van der Waals surface area (Å²) in [6.07, 6.45) is 1.78. The number of piperidine rings is 1. The van der Waals surface area contributed by atoms with Crippen molar-refractivity contribution in [2.24, 2.45) is 5.92 Å². The predicted octanol–water partition coefficient (Wildman–Crippen LogP) is -0.433. The molecule has 6 nitrogen and oxygen atoms in total. The molecule has 1 fully saturated rings. The maximum atomic E-state index is 11.9. The van der Waals surface area contributed by atoms with Crippen LogP contribution in [0, 0.1) is 5.92 Å². The third-order valence-corrected chi connectivity index (χ3v) is 4.59. The lowest BCUT2D eigenvalue weighted by Gasteiger charge is -2.23. The van der Waals surface area contributed by atoms with Gasteiger partial charge < -0.3 is 14.8 Å².